The van der Waals surface area contributed by atoms with Gasteiger partial charge in [-0.25, -0.2) is 0 Å². The zero-order valence-corrected chi connectivity index (χ0v) is 16.9. The van der Waals surface area contributed by atoms with E-state index in [1.807, 2.05) is 18.2 Å². The lowest BCUT2D eigenvalue weighted by Crippen LogP contribution is -2.51. The fourth-order valence-electron chi connectivity index (χ4n) is 4.39. The molecule has 1 N–H and O–H groups in total. The fraction of sp³-hybridized carbons (Fsp3) is 0.435. The molecule has 148 valence electrons. The molecule has 2 saturated heterocycles. The number of piperidine rings is 1. The molecule has 0 saturated carbocycles. The van der Waals surface area contributed by atoms with Crippen molar-refractivity contribution >= 4 is 17.5 Å². The molecule has 0 spiro atoms. The van der Waals surface area contributed by atoms with Crippen LogP contribution in [0.2, 0.25) is 5.02 Å². The summed E-state index contributed by atoms with van der Waals surface area (Å²) < 4.78 is 0. The van der Waals surface area contributed by atoms with Gasteiger partial charge in [0.05, 0.1) is 6.04 Å². The quantitative estimate of drug-likeness (QED) is 0.853. The van der Waals surface area contributed by atoms with Gasteiger partial charge in [-0.1, -0.05) is 54.1 Å². The number of piperazine rings is 1. The first kappa shape index (κ1) is 19.4. The van der Waals surface area contributed by atoms with Crippen molar-refractivity contribution in [1.82, 2.24) is 15.1 Å². The number of benzene rings is 2. The first-order valence-corrected chi connectivity index (χ1v) is 10.6. The van der Waals surface area contributed by atoms with Gasteiger partial charge in [0.2, 0.25) is 5.91 Å². The molecule has 0 bridgehead atoms. The molecule has 2 aliphatic rings. The van der Waals surface area contributed by atoms with Gasteiger partial charge in [-0.05, 0) is 49.2 Å². The van der Waals surface area contributed by atoms with E-state index < -0.39 is 0 Å². The maximum Gasteiger partial charge on any atom is 0.226 e. The molecule has 2 heterocycles. The van der Waals surface area contributed by atoms with Gasteiger partial charge < -0.3 is 10.2 Å². The van der Waals surface area contributed by atoms with Gasteiger partial charge in [0.15, 0.2) is 0 Å². The minimum atomic E-state index is 0.0716. The Hall–Kier alpha value is -1.88. The Morgan fingerprint density at radius 1 is 1.04 bits per heavy atom. The number of nitrogens with zero attached hydrogens (tertiary/aromatic N) is 2. The third-order valence-corrected chi connectivity index (χ3v) is 6.18. The largest absolute Gasteiger partial charge is 0.333 e. The number of amides is 1. The number of nitrogens with one attached hydrogen (secondary N) is 1. The summed E-state index contributed by atoms with van der Waals surface area (Å²) in [4.78, 5) is 17.9. The summed E-state index contributed by atoms with van der Waals surface area (Å²) in [5, 5.41) is 4.16. The van der Waals surface area contributed by atoms with Crippen LogP contribution in [-0.4, -0.2) is 48.4 Å². The van der Waals surface area contributed by atoms with Crippen molar-refractivity contribution in [2.45, 2.75) is 25.4 Å². The zero-order valence-electron chi connectivity index (χ0n) is 16.2. The molecule has 1 atom stereocenters. The van der Waals surface area contributed by atoms with Gasteiger partial charge in [-0.15, -0.1) is 0 Å². The molecule has 0 aromatic heterocycles. The van der Waals surface area contributed by atoms with E-state index in [1.54, 1.807) is 0 Å². The van der Waals surface area contributed by atoms with E-state index in [9.17, 15) is 4.79 Å². The van der Waals surface area contributed by atoms with Crippen LogP contribution in [-0.2, 0) is 11.3 Å². The van der Waals surface area contributed by atoms with Gasteiger partial charge in [0.25, 0.3) is 0 Å². The normalized spacial score (nSPS) is 21.6. The Morgan fingerprint density at radius 3 is 2.57 bits per heavy atom. The number of likely N-dealkylation sites (tertiary alicyclic amines) is 1. The lowest BCUT2D eigenvalue weighted by molar-refractivity contribution is -0.140. The Kier molecular flexibility index (Phi) is 6.30. The number of carbonyl (C=O) groups is 1. The zero-order chi connectivity index (χ0) is 19.3. The lowest BCUT2D eigenvalue weighted by Gasteiger charge is -2.40. The van der Waals surface area contributed by atoms with Crippen LogP contribution in [0.25, 0.3) is 0 Å². The molecule has 0 aliphatic carbocycles. The molecule has 2 fully saturated rings. The van der Waals surface area contributed by atoms with E-state index in [2.05, 4.69) is 51.5 Å². The predicted molar refractivity (Wildman–Crippen MR) is 113 cm³/mol. The summed E-state index contributed by atoms with van der Waals surface area (Å²) in [7, 11) is 0. The van der Waals surface area contributed by atoms with Crippen LogP contribution < -0.4 is 5.32 Å². The Labute approximate surface area is 172 Å². The first-order valence-electron chi connectivity index (χ1n) is 10.2. The van der Waals surface area contributed by atoms with Crippen molar-refractivity contribution in [3.05, 3.63) is 70.7 Å². The van der Waals surface area contributed by atoms with Gasteiger partial charge in [-0.2, -0.15) is 0 Å². The molecule has 2 aromatic rings. The Balaban J connectivity index is 1.38. The van der Waals surface area contributed by atoms with E-state index in [1.165, 1.54) is 5.56 Å². The van der Waals surface area contributed by atoms with Gasteiger partial charge in [-0.3, -0.25) is 9.69 Å². The number of rotatable bonds is 4. The topological polar surface area (TPSA) is 35.6 Å². The maximum atomic E-state index is 13.3. The van der Waals surface area contributed by atoms with Crippen LogP contribution in [0.15, 0.2) is 54.6 Å². The second-order valence-corrected chi connectivity index (χ2v) is 8.28. The first-order chi connectivity index (χ1) is 13.7. The van der Waals surface area contributed by atoms with Crippen LogP contribution >= 0.6 is 11.6 Å². The molecular weight excluding hydrogens is 370 g/mol. The van der Waals surface area contributed by atoms with E-state index in [0.717, 1.165) is 62.7 Å². The highest BCUT2D eigenvalue weighted by Crippen LogP contribution is 2.29. The average Bonchev–Trinajstić information content (AvgIpc) is 2.74. The summed E-state index contributed by atoms with van der Waals surface area (Å²) in [5.41, 5.74) is 2.46. The summed E-state index contributed by atoms with van der Waals surface area (Å²) in [5.74, 6) is 0.442. The summed E-state index contributed by atoms with van der Waals surface area (Å²) in [6.45, 7) is 5.35. The Morgan fingerprint density at radius 2 is 1.82 bits per heavy atom. The molecule has 4 rings (SSSR count). The molecule has 1 amide bonds. The lowest BCUT2D eigenvalue weighted by atomic mass is 9.93. The molecule has 1 unspecified atom stereocenters. The van der Waals surface area contributed by atoms with Crippen molar-refractivity contribution in [2.75, 3.05) is 32.7 Å². The number of hydrogen-bond acceptors (Lipinski definition) is 3. The number of halogens is 1. The number of carbonyl (C=O) groups excluding carboxylic acids is 1. The van der Waals surface area contributed by atoms with Crippen LogP contribution in [0.5, 0.6) is 0 Å². The molecule has 2 aliphatic heterocycles. The second-order valence-electron chi connectivity index (χ2n) is 7.84. The highest BCUT2D eigenvalue weighted by molar-refractivity contribution is 6.30. The second kappa shape index (κ2) is 9.08. The minimum absolute atomic E-state index is 0.0716. The molecule has 0 radical (unpaired) electrons. The average molecular weight is 398 g/mol. The van der Waals surface area contributed by atoms with Crippen LogP contribution in [0.3, 0.4) is 0 Å². The SMILES string of the molecule is O=C(C1CCN(Cc2ccccc2)CC1)N1CCNCC1c1cccc(Cl)c1. The van der Waals surface area contributed by atoms with E-state index in [4.69, 9.17) is 11.6 Å². The molecule has 4 nitrogen and oxygen atoms in total. The standard InChI is InChI=1S/C23H28ClN3O/c24-21-8-4-7-20(15-21)22-16-25-11-14-27(22)23(28)19-9-12-26(13-10-19)17-18-5-2-1-3-6-18/h1-8,15,19,22,25H,9-14,16-17H2. The van der Waals surface area contributed by atoms with Crippen LogP contribution in [0.1, 0.15) is 30.0 Å². The number of hydrogen-bond donors (Lipinski definition) is 1. The maximum absolute atomic E-state index is 13.3. The smallest absolute Gasteiger partial charge is 0.226 e. The van der Waals surface area contributed by atoms with Gasteiger partial charge >= 0.3 is 0 Å². The van der Waals surface area contributed by atoms with Crippen molar-refractivity contribution in [1.29, 1.82) is 0 Å². The van der Waals surface area contributed by atoms with E-state index in [-0.39, 0.29) is 12.0 Å². The monoisotopic (exact) mass is 397 g/mol. The highest BCUT2D eigenvalue weighted by atomic mass is 35.5. The van der Waals surface area contributed by atoms with Crippen LogP contribution in [0.4, 0.5) is 0 Å². The van der Waals surface area contributed by atoms with Crippen LogP contribution in [0, 0.1) is 5.92 Å². The summed E-state index contributed by atoms with van der Waals surface area (Å²) in [6, 6.07) is 18.6. The van der Waals surface area contributed by atoms with Crippen molar-refractivity contribution < 1.29 is 4.79 Å². The van der Waals surface area contributed by atoms with Crippen molar-refractivity contribution in [2.24, 2.45) is 5.92 Å². The predicted octanol–water partition coefficient (Wildman–Crippen LogP) is 3.73. The highest BCUT2D eigenvalue weighted by Gasteiger charge is 2.34. The molecule has 5 heteroatoms. The third-order valence-electron chi connectivity index (χ3n) is 5.95. The molecular formula is C23H28ClN3O. The minimum Gasteiger partial charge on any atom is -0.333 e. The third kappa shape index (κ3) is 4.57. The fourth-order valence-corrected chi connectivity index (χ4v) is 4.59. The molecule has 2 aromatic carbocycles. The summed E-state index contributed by atoms with van der Waals surface area (Å²) in [6.07, 6.45) is 1.88. The van der Waals surface area contributed by atoms with Crippen molar-refractivity contribution in [3.8, 4) is 0 Å². The molecule has 28 heavy (non-hydrogen) atoms. The Bertz CT molecular complexity index is 789. The van der Waals surface area contributed by atoms with Gasteiger partial charge in [0, 0.05) is 37.1 Å². The van der Waals surface area contributed by atoms with Gasteiger partial charge in [0.1, 0.15) is 0 Å². The van der Waals surface area contributed by atoms with E-state index in [0.29, 0.717) is 5.91 Å². The van der Waals surface area contributed by atoms with E-state index >= 15 is 0 Å². The summed E-state index contributed by atoms with van der Waals surface area (Å²) >= 11 is 6.19. The van der Waals surface area contributed by atoms with Crippen molar-refractivity contribution in [3.63, 3.8) is 0 Å².